The van der Waals surface area contributed by atoms with Gasteiger partial charge in [0.05, 0.1) is 17.0 Å². The molecular weight excluding hydrogens is 332 g/mol. The van der Waals surface area contributed by atoms with Crippen LogP contribution in [-0.2, 0) is 0 Å². The summed E-state index contributed by atoms with van der Waals surface area (Å²) in [5, 5.41) is 16.7. The van der Waals surface area contributed by atoms with Gasteiger partial charge in [-0.3, -0.25) is 20.0 Å². The van der Waals surface area contributed by atoms with Gasteiger partial charge in [-0.25, -0.2) is 9.97 Å². The molecule has 8 nitrogen and oxygen atoms in total. The van der Waals surface area contributed by atoms with Crippen LogP contribution >= 0.6 is 0 Å². The zero-order valence-electron chi connectivity index (χ0n) is 15.3. The van der Waals surface area contributed by atoms with Crippen LogP contribution in [0.5, 0.6) is 0 Å². The summed E-state index contributed by atoms with van der Waals surface area (Å²) >= 11 is 0. The van der Waals surface area contributed by atoms with Crippen LogP contribution in [0.1, 0.15) is 27.7 Å². The Kier molecular flexibility index (Phi) is 4.94. The largest absolute Gasteiger partial charge is 0.341 e. The van der Waals surface area contributed by atoms with Gasteiger partial charge in [0.2, 0.25) is 5.95 Å². The van der Waals surface area contributed by atoms with Crippen LogP contribution in [0, 0.1) is 10.1 Å². The van der Waals surface area contributed by atoms with E-state index in [2.05, 4.69) is 52.9 Å². The average Bonchev–Trinajstić information content (AvgIpc) is 2.58. The Hall–Kier alpha value is -2.87. The highest BCUT2D eigenvalue weighted by Gasteiger charge is 2.20. The minimum Gasteiger partial charge on any atom is -0.341 e. The predicted molar refractivity (Wildman–Crippen MR) is 102 cm³/mol. The molecule has 0 atom stereocenters. The molecule has 8 heteroatoms. The second-order valence-electron chi connectivity index (χ2n) is 6.75. The van der Waals surface area contributed by atoms with Crippen molar-refractivity contribution in [2.24, 2.45) is 0 Å². The number of nitrogens with zero attached hydrogens (tertiary/aromatic N) is 5. The first-order chi connectivity index (χ1) is 12.4. The van der Waals surface area contributed by atoms with E-state index in [1.54, 1.807) is 24.7 Å². The summed E-state index contributed by atoms with van der Waals surface area (Å²) in [6, 6.07) is 4.17. The summed E-state index contributed by atoms with van der Waals surface area (Å²) in [6.07, 6.45) is 4.76. The molecule has 0 spiro atoms. The lowest BCUT2D eigenvalue weighted by Crippen LogP contribution is -2.40. The van der Waals surface area contributed by atoms with Crippen molar-refractivity contribution in [1.29, 1.82) is 0 Å². The lowest BCUT2D eigenvalue weighted by Gasteiger charge is -2.30. The summed E-state index contributed by atoms with van der Waals surface area (Å²) in [6.45, 7) is 9.04. The number of rotatable bonds is 6. The van der Waals surface area contributed by atoms with Crippen molar-refractivity contribution in [3.63, 3.8) is 0 Å². The number of anilines is 1. The number of aromatic nitrogens is 3. The quantitative estimate of drug-likeness (QED) is 0.313. The van der Waals surface area contributed by atoms with Crippen molar-refractivity contribution in [3.8, 4) is 0 Å². The molecule has 2 aromatic heterocycles. The number of nitrogens with one attached hydrogen (secondary N) is 1. The smallest absolute Gasteiger partial charge is 0.303 e. The van der Waals surface area contributed by atoms with Crippen LogP contribution in [0.4, 0.5) is 11.6 Å². The molecule has 26 heavy (non-hydrogen) atoms. The number of hydrogen-bond donors (Lipinski definition) is 1. The molecule has 136 valence electrons. The Bertz CT molecular complexity index is 949. The van der Waals surface area contributed by atoms with Gasteiger partial charge in [-0.1, -0.05) is 0 Å². The van der Waals surface area contributed by atoms with Gasteiger partial charge in [-0.15, -0.1) is 0 Å². The van der Waals surface area contributed by atoms with E-state index in [0.29, 0.717) is 46.4 Å². The van der Waals surface area contributed by atoms with Gasteiger partial charge in [0, 0.05) is 41.4 Å². The van der Waals surface area contributed by atoms with Gasteiger partial charge < -0.3 is 5.32 Å². The molecule has 0 aliphatic rings. The van der Waals surface area contributed by atoms with Crippen LogP contribution in [0.15, 0.2) is 30.7 Å². The fraction of sp³-hybridized carbons (Fsp3) is 0.389. The van der Waals surface area contributed by atoms with Gasteiger partial charge in [0.15, 0.2) is 5.52 Å². The zero-order chi connectivity index (χ0) is 18.8. The maximum Gasteiger partial charge on any atom is 0.303 e. The molecule has 0 saturated heterocycles. The lowest BCUT2D eigenvalue weighted by molar-refractivity contribution is -0.381. The Morgan fingerprint density at radius 2 is 1.92 bits per heavy atom. The van der Waals surface area contributed by atoms with Crippen LogP contribution in [-0.4, -0.2) is 43.5 Å². The lowest BCUT2D eigenvalue weighted by atomic mass is 10.1. The van der Waals surface area contributed by atoms with Gasteiger partial charge in [0.1, 0.15) is 0 Å². The first kappa shape index (κ1) is 17.9. The number of nitro groups is 1. The van der Waals surface area contributed by atoms with Gasteiger partial charge in [0.25, 0.3) is 0 Å². The molecule has 0 saturated carbocycles. The van der Waals surface area contributed by atoms with Crippen molar-refractivity contribution in [3.05, 3.63) is 40.8 Å². The Labute approximate surface area is 151 Å². The molecule has 0 aliphatic carbocycles. The second kappa shape index (κ2) is 7.17. The highest BCUT2D eigenvalue weighted by molar-refractivity contribution is 6.06. The molecule has 0 aliphatic heterocycles. The third-order valence-electron chi connectivity index (χ3n) is 4.39. The molecule has 0 unspecified atom stereocenters. The van der Waals surface area contributed by atoms with E-state index in [4.69, 9.17) is 0 Å². The van der Waals surface area contributed by atoms with E-state index in [1.165, 1.54) is 0 Å². The topological polar surface area (TPSA) is 97.1 Å². The van der Waals surface area contributed by atoms with Gasteiger partial charge in [-0.05, 0) is 39.8 Å². The van der Waals surface area contributed by atoms with Crippen LogP contribution in [0.25, 0.3) is 21.7 Å². The first-order valence-electron chi connectivity index (χ1n) is 8.56. The summed E-state index contributed by atoms with van der Waals surface area (Å²) < 4.78 is 0. The van der Waals surface area contributed by atoms with Crippen LogP contribution in [0.3, 0.4) is 0 Å². The maximum absolute atomic E-state index is 11.7. The van der Waals surface area contributed by atoms with Crippen molar-refractivity contribution in [2.45, 2.75) is 39.8 Å². The molecule has 3 aromatic rings. The maximum atomic E-state index is 11.7. The predicted octanol–water partition coefficient (Wildman–Crippen LogP) is 3.57. The number of benzene rings is 1. The van der Waals surface area contributed by atoms with E-state index in [9.17, 15) is 10.1 Å². The minimum absolute atomic E-state index is 0.0186. The molecule has 1 aromatic carbocycles. The fourth-order valence-electron chi connectivity index (χ4n) is 3.11. The fourth-order valence-corrected chi connectivity index (χ4v) is 3.11. The van der Waals surface area contributed by atoms with Gasteiger partial charge >= 0.3 is 5.69 Å². The third-order valence-corrected chi connectivity index (χ3v) is 4.39. The van der Waals surface area contributed by atoms with Crippen LogP contribution in [0.2, 0.25) is 0 Å². The SMILES string of the molecule is CC(C)N(CNc1ncc2cc3cnccc3c([N+](=O)[O-])c2n1)C(C)C. The summed E-state index contributed by atoms with van der Waals surface area (Å²) in [5.41, 5.74) is 0.307. The minimum atomic E-state index is -0.393. The summed E-state index contributed by atoms with van der Waals surface area (Å²) in [7, 11) is 0. The highest BCUT2D eigenvalue weighted by atomic mass is 16.6. The van der Waals surface area contributed by atoms with Crippen molar-refractivity contribution < 1.29 is 4.92 Å². The highest BCUT2D eigenvalue weighted by Crippen LogP contribution is 2.33. The molecular formula is C18H22N6O2. The van der Waals surface area contributed by atoms with Gasteiger partial charge in [-0.2, -0.15) is 0 Å². The number of pyridine rings is 1. The number of fused-ring (bicyclic) bond motifs is 2. The normalized spacial score (nSPS) is 11.8. The standard InChI is InChI=1S/C18H22N6O2/c1-11(2)23(12(3)4)10-21-18-20-9-14-7-13-8-19-6-5-15(13)17(24(25)26)16(14)22-18/h5-9,11-12H,10H2,1-4H3,(H,20,21,22). The van der Waals surface area contributed by atoms with Crippen molar-refractivity contribution in [2.75, 3.05) is 12.0 Å². The van der Waals surface area contributed by atoms with E-state index < -0.39 is 4.92 Å². The zero-order valence-corrected chi connectivity index (χ0v) is 15.3. The third kappa shape index (κ3) is 3.41. The first-order valence-corrected chi connectivity index (χ1v) is 8.56. The molecule has 3 rings (SSSR count). The molecule has 0 fully saturated rings. The van der Waals surface area contributed by atoms with Crippen molar-refractivity contribution >= 4 is 33.3 Å². The molecule has 2 heterocycles. The Morgan fingerprint density at radius 1 is 1.19 bits per heavy atom. The average molecular weight is 354 g/mol. The number of hydrogen-bond acceptors (Lipinski definition) is 7. The molecule has 0 bridgehead atoms. The molecule has 0 radical (unpaired) electrons. The number of nitro benzene ring substituents is 1. The van der Waals surface area contributed by atoms with Crippen molar-refractivity contribution in [1.82, 2.24) is 19.9 Å². The Balaban J connectivity index is 2.04. The molecule has 1 N–H and O–H groups in total. The Morgan fingerprint density at radius 3 is 2.58 bits per heavy atom. The summed E-state index contributed by atoms with van der Waals surface area (Å²) in [4.78, 5) is 26.3. The van der Waals surface area contributed by atoms with E-state index in [1.807, 2.05) is 6.07 Å². The van der Waals surface area contributed by atoms with E-state index in [-0.39, 0.29) is 5.69 Å². The number of non-ortho nitro benzene ring substituents is 1. The van der Waals surface area contributed by atoms with Crippen LogP contribution < -0.4 is 5.32 Å². The molecule has 0 amide bonds. The monoisotopic (exact) mass is 354 g/mol. The van der Waals surface area contributed by atoms with E-state index >= 15 is 0 Å². The second-order valence-corrected chi connectivity index (χ2v) is 6.75. The van der Waals surface area contributed by atoms with E-state index in [0.717, 1.165) is 0 Å². The summed E-state index contributed by atoms with van der Waals surface area (Å²) in [5.74, 6) is 0.375.